The van der Waals surface area contributed by atoms with Crippen LogP contribution in [0.5, 0.6) is 0 Å². The summed E-state index contributed by atoms with van der Waals surface area (Å²) in [4.78, 5) is 20.1. The van der Waals surface area contributed by atoms with Crippen LogP contribution in [0.1, 0.15) is 54.5 Å². The van der Waals surface area contributed by atoms with Gasteiger partial charge in [0, 0.05) is 5.56 Å². The molecule has 0 bridgehead atoms. The van der Waals surface area contributed by atoms with Gasteiger partial charge in [-0.15, -0.1) is 5.10 Å². The monoisotopic (exact) mass is 433 g/mol. The molecule has 0 aliphatic rings. The average molecular weight is 433 g/mol. The lowest BCUT2D eigenvalue weighted by atomic mass is 10.1. The van der Waals surface area contributed by atoms with E-state index in [0.29, 0.717) is 24.1 Å². The Morgan fingerprint density at radius 1 is 1.10 bits per heavy atom. The van der Waals surface area contributed by atoms with Crippen molar-refractivity contribution in [2.75, 3.05) is 7.11 Å². The van der Waals surface area contributed by atoms with E-state index in [-0.39, 0.29) is 17.3 Å². The molecule has 7 nitrogen and oxygen atoms in total. The summed E-state index contributed by atoms with van der Waals surface area (Å²) in [6, 6.07) is 9.35. The fraction of sp³-hybridized carbons (Fsp3) is 0.381. The summed E-state index contributed by atoms with van der Waals surface area (Å²) in [6.07, 6.45) is -0.714. The molecule has 10 heteroatoms. The van der Waals surface area contributed by atoms with Crippen molar-refractivity contribution in [1.82, 2.24) is 25.0 Å². The first-order valence-electron chi connectivity index (χ1n) is 9.90. The molecule has 0 aliphatic heterocycles. The SMILES string of the molecule is CCCCCCc1c(C(=O)OC)nnn1-c1nc(-c2ccccc2)cc(C(F)(F)F)n1. The fourth-order valence-electron chi connectivity index (χ4n) is 3.09. The number of hydrogen-bond donors (Lipinski definition) is 0. The molecule has 31 heavy (non-hydrogen) atoms. The maximum atomic E-state index is 13.5. The number of alkyl halides is 3. The number of unbranched alkanes of at least 4 members (excludes halogenated alkanes) is 3. The maximum absolute atomic E-state index is 13.5. The Kier molecular flexibility index (Phi) is 6.98. The molecule has 0 saturated carbocycles. The van der Waals surface area contributed by atoms with Gasteiger partial charge in [0.2, 0.25) is 0 Å². The second kappa shape index (κ2) is 9.67. The number of ether oxygens (including phenoxy) is 1. The number of carbonyl (C=O) groups excluding carboxylic acids is 1. The lowest BCUT2D eigenvalue weighted by molar-refractivity contribution is -0.141. The molecule has 0 atom stereocenters. The molecule has 0 fully saturated rings. The van der Waals surface area contributed by atoms with Crippen LogP contribution in [0.4, 0.5) is 13.2 Å². The molecule has 2 heterocycles. The highest BCUT2D eigenvalue weighted by Crippen LogP contribution is 2.31. The molecule has 0 saturated heterocycles. The second-order valence-corrected chi connectivity index (χ2v) is 6.90. The van der Waals surface area contributed by atoms with E-state index >= 15 is 0 Å². The van der Waals surface area contributed by atoms with Crippen LogP contribution in [-0.2, 0) is 17.3 Å². The minimum absolute atomic E-state index is 0.0544. The zero-order chi connectivity index (χ0) is 22.4. The van der Waals surface area contributed by atoms with Crippen LogP contribution in [0.25, 0.3) is 17.2 Å². The van der Waals surface area contributed by atoms with Crippen LogP contribution in [0, 0.1) is 0 Å². The molecule has 2 aromatic heterocycles. The largest absolute Gasteiger partial charge is 0.464 e. The smallest absolute Gasteiger partial charge is 0.433 e. The van der Waals surface area contributed by atoms with Crippen molar-refractivity contribution in [2.45, 2.75) is 45.2 Å². The Balaban J connectivity index is 2.12. The lowest BCUT2D eigenvalue weighted by Gasteiger charge is -2.12. The molecule has 0 aliphatic carbocycles. The number of nitrogens with zero attached hydrogens (tertiary/aromatic N) is 5. The molecule has 1 aromatic carbocycles. The Labute approximate surface area is 177 Å². The van der Waals surface area contributed by atoms with Gasteiger partial charge in [-0.25, -0.2) is 14.8 Å². The molecule has 3 aromatic rings. The van der Waals surface area contributed by atoms with E-state index < -0.39 is 17.8 Å². The van der Waals surface area contributed by atoms with E-state index in [9.17, 15) is 18.0 Å². The minimum atomic E-state index is -4.69. The minimum Gasteiger partial charge on any atom is -0.464 e. The molecule has 0 amide bonds. The van der Waals surface area contributed by atoms with Gasteiger partial charge < -0.3 is 4.74 Å². The summed E-state index contributed by atoms with van der Waals surface area (Å²) >= 11 is 0. The van der Waals surface area contributed by atoms with Crippen LogP contribution < -0.4 is 0 Å². The summed E-state index contributed by atoms with van der Waals surface area (Å²) in [7, 11) is 1.20. The van der Waals surface area contributed by atoms with Crippen LogP contribution in [0.15, 0.2) is 36.4 Å². The van der Waals surface area contributed by atoms with Gasteiger partial charge in [0.25, 0.3) is 5.95 Å². The lowest BCUT2D eigenvalue weighted by Crippen LogP contribution is -2.15. The summed E-state index contributed by atoms with van der Waals surface area (Å²) in [5.74, 6) is -1.02. The number of esters is 1. The Hall–Kier alpha value is -3.30. The van der Waals surface area contributed by atoms with Gasteiger partial charge in [-0.2, -0.15) is 17.9 Å². The number of carbonyl (C=O) groups is 1. The topological polar surface area (TPSA) is 82.8 Å². The first-order valence-corrected chi connectivity index (χ1v) is 9.90. The van der Waals surface area contributed by atoms with Crippen LogP contribution in [0.2, 0.25) is 0 Å². The number of halogens is 3. The third-order valence-corrected chi connectivity index (χ3v) is 4.67. The van der Waals surface area contributed by atoms with E-state index in [1.807, 2.05) is 0 Å². The molecule has 3 rings (SSSR count). The zero-order valence-corrected chi connectivity index (χ0v) is 17.2. The summed E-state index contributed by atoms with van der Waals surface area (Å²) in [5.41, 5.74) is -0.259. The van der Waals surface area contributed by atoms with Crippen molar-refractivity contribution < 1.29 is 22.7 Å². The summed E-state index contributed by atoms with van der Waals surface area (Å²) < 4.78 is 46.5. The van der Waals surface area contributed by atoms with E-state index in [0.717, 1.165) is 30.0 Å². The van der Waals surface area contributed by atoms with E-state index in [4.69, 9.17) is 4.74 Å². The van der Waals surface area contributed by atoms with Crippen molar-refractivity contribution in [1.29, 1.82) is 0 Å². The number of methoxy groups -OCH3 is 1. The van der Waals surface area contributed by atoms with Gasteiger partial charge in [-0.3, -0.25) is 0 Å². The van der Waals surface area contributed by atoms with Gasteiger partial charge in [-0.1, -0.05) is 61.7 Å². The van der Waals surface area contributed by atoms with Crippen molar-refractivity contribution >= 4 is 5.97 Å². The predicted octanol–water partition coefficient (Wildman–Crippen LogP) is 4.65. The molecule has 0 N–H and O–H groups in total. The summed E-state index contributed by atoms with van der Waals surface area (Å²) in [6.45, 7) is 2.06. The van der Waals surface area contributed by atoms with Crippen molar-refractivity contribution in [2.24, 2.45) is 0 Å². The third kappa shape index (κ3) is 5.25. The van der Waals surface area contributed by atoms with Crippen LogP contribution in [0.3, 0.4) is 0 Å². The Morgan fingerprint density at radius 2 is 1.84 bits per heavy atom. The molecular weight excluding hydrogens is 411 g/mol. The van der Waals surface area contributed by atoms with Gasteiger partial charge >= 0.3 is 12.1 Å². The Bertz CT molecular complexity index is 1040. The van der Waals surface area contributed by atoms with E-state index in [2.05, 4.69) is 27.2 Å². The molecule has 0 radical (unpaired) electrons. The van der Waals surface area contributed by atoms with E-state index in [1.54, 1.807) is 30.3 Å². The third-order valence-electron chi connectivity index (χ3n) is 4.67. The quantitative estimate of drug-likeness (QED) is 0.380. The maximum Gasteiger partial charge on any atom is 0.433 e. The highest BCUT2D eigenvalue weighted by molar-refractivity contribution is 5.88. The second-order valence-electron chi connectivity index (χ2n) is 6.90. The highest BCUT2D eigenvalue weighted by atomic mass is 19.4. The van der Waals surface area contributed by atoms with Crippen molar-refractivity contribution in [3.63, 3.8) is 0 Å². The predicted molar refractivity (Wildman–Crippen MR) is 107 cm³/mol. The first kappa shape index (κ1) is 22.4. The standard InChI is InChI=1S/C21H22F3N5O2/c1-3-4-5-9-12-16-18(19(30)31-2)27-28-29(16)20-25-15(14-10-7-6-8-11-14)13-17(26-20)21(22,23)24/h6-8,10-11,13H,3-5,9,12H2,1-2H3. The molecule has 0 spiro atoms. The average Bonchev–Trinajstić information content (AvgIpc) is 3.19. The van der Waals surface area contributed by atoms with Gasteiger partial charge in [0.1, 0.15) is 0 Å². The summed E-state index contributed by atoms with van der Waals surface area (Å²) in [5, 5.41) is 7.72. The van der Waals surface area contributed by atoms with Crippen molar-refractivity contribution in [3.05, 3.63) is 53.5 Å². The fourth-order valence-corrected chi connectivity index (χ4v) is 3.09. The van der Waals surface area contributed by atoms with Gasteiger partial charge in [0.15, 0.2) is 11.4 Å². The molecule has 0 unspecified atom stereocenters. The van der Waals surface area contributed by atoms with Crippen molar-refractivity contribution in [3.8, 4) is 17.2 Å². The molecule has 164 valence electrons. The van der Waals surface area contributed by atoms with Gasteiger partial charge in [-0.05, 0) is 18.9 Å². The number of rotatable bonds is 8. The first-order chi connectivity index (χ1) is 14.8. The molecular formula is C21H22F3N5O2. The number of hydrogen-bond acceptors (Lipinski definition) is 6. The van der Waals surface area contributed by atoms with Gasteiger partial charge in [0.05, 0.1) is 18.5 Å². The Morgan fingerprint density at radius 3 is 2.48 bits per heavy atom. The number of benzene rings is 1. The highest BCUT2D eigenvalue weighted by Gasteiger charge is 2.34. The zero-order valence-electron chi connectivity index (χ0n) is 17.2. The van der Waals surface area contributed by atoms with Crippen LogP contribution in [-0.4, -0.2) is 38.0 Å². The van der Waals surface area contributed by atoms with Crippen LogP contribution >= 0.6 is 0 Å². The number of aromatic nitrogens is 5. The normalized spacial score (nSPS) is 11.5. The van der Waals surface area contributed by atoms with E-state index in [1.165, 1.54) is 7.11 Å².